The highest BCUT2D eigenvalue weighted by atomic mass is 16.3. The van der Waals surface area contributed by atoms with Crippen molar-refractivity contribution in [3.8, 4) is 55.6 Å². The predicted molar refractivity (Wildman–Crippen MR) is 233 cm³/mol. The van der Waals surface area contributed by atoms with Crippen molar-refractivity contribution in [1.82, 2.24) is 0 Å². The zero-order valence-corrected chi connectivity index (χ0v) is 29.6. The van der Waals surface area contributed by atoms with Crippen LogP contribution in [0.2, 0.25) is 0 Å². The molecule has 256 valence electrons. The molecule has 0 atom stereocenters. The molecular formula is C54H34O. The van der Waals surface area contributed by atoms with Crippen LogP contribution in [0.3, 0.4) is 0 Å². The highest BCUT2D eigenvalue weighted by Crippen LogP contribution is 2.45. The topological polar surface area (TPSA) is 13.1 Å². The van der Waals surface area contributed by atoms with Gasteiger partial charge in [-0.15, -0.1) is 0 Å². The number of rotatable bonds is 5. The second-order valence-corrected chi connectivity index (χ2v) is 13.9. The molecule has 0 spiro atoms. The largest absolute Gasteiger partial charge is 0.455 e. The quantitative estimate of drug-likeness (QED) is 0.163. The normalized spacial score (nSPS) is 13.2. The van der Waals surface area contributed by atoms with Gasteiger partial charge in [0.15, 0.2) is 0 Å². The van der Waals surface area contributed by atoms with Crippen molar-refractivity contribution >= 4 is 54.3 Å². The van der Waals surface area contributed by atoms with Gasteiger partial charge in [0.1, 0.15) is 11.2 Å². The molecule has 0 fully saturated rings. The summed E-state index contributed by atoms with van der Waals surface area (Å²) in [5.74, 6) is 0. The standard InChI is InChI=1S/C54H34O/c1-2-12-35(13-3-1)36-24-26-37(27-25-36)40-16-10-17-43(32-40)53-47-20-8-6-18-45(47)52(46-19-7-9-21-48(46)53)39-30-28-38(29-31-39)44-22-11-23-49-50-33-41-14-4-5-15-42(41)34-51(50)55-54(44)49/h1-34H/i4D,5D,14D,15D,33D,34D. The van der Waals surface area contributed by atoms with Gasteiger partial charge in [0.2, 0.25) is 0 Å². The van der Waals surface area contributed by atoms with Crippen LogP contribution in [0.1, 0.15) is 8.22 Å². The van der Waals surface area contributed by atoms with Crippen molar-refractivity contribution in [2.24, 2.45) is 0 Å². The third-order valence-electron chi connectivity index (χ3n) is 10.8. The molecule has 11 aromatic rings. The molecular weight excluding hydrogens is 665 g/mol. The minimum Gasteiger partial charge on any atom is -0.455 e. The van der Waals surface area contributed by atoms with Crippen LogP contribution in [0, 0.1) is 0 Å². The molecule has 1 heterocycles. The van der Waals surface area contributed by atoms with Gasteiger partial charge in [-0.2, -0.15) is 0 Å². The van der Waals surface area contributed by atoms with Crippen LogP contribution in [0.25, 0.3) is 110 Å². The lowest BCUT2D eigenvalue weighted by Crippen LogP contribution is -1.91. The number of furan rings is 1. The lowest BCUT2D eigenvalue weighted by Gasteiger charge is -2.18. The van der Waals surface area contributed by atoms with Crippen LogP contribution in [-0.4, -0.2) is 0 Å². The fourth-order valence-electron chi connectivity index (χ4n) is 8.20. The monoisotopic (exact) mass is 704 g/mol. The van der Waals surface area contributed by atoms with Gasteiger partial charge in [-0.3, -0.25) is 0 Å². The van der Waals surface area contributed by atoms with Gasteiger partial charge in [0, 0.05) is 16.3 Å². The molecule has 0 bridgehead atoms. The third kappa shape index (κ3) is 5.24. The van der Waals surface area contributed by atoms with Crippen LogP contribution in [0.4, 0.5) is 0 Å². The van der Waals surface area contributed by atoms with Gasteiger partial charge in [0.05, 0.1) is 8.22 Å². The van der Waals surface area contributed by atoms with Crippen molar-refractivity contribution < 1.29 is 12.6 Å². The highest BCUT2D eigenvalue weighted by Gasteiger charge is 2.18. The van der Waals surface area contributed by atoms with Crippen LogP contribution in [-0.2, 0) is 0 Å². The SMILES string of the molecule is [2H]c1c([2H])c([2H])c2c([2H])c3c(oc4c(-c5ccc(-c6c7ccccc7c(-c7cccc(-c8ccc(-c9ccccc9)cc8)c7)c7ccccc67)cc5)cccc43)c([2H])c2c1[2H]. The summed E-state index contributed by atoms with van der Waals surface area (Å²) in [7, 11) is 0. The first kappa shape index (κ1) is 25.7. The summed E-state index contributed by atoms with van der Waals surface area (Å²) in [5, 5.41) is 5.60. The Morgan fingerprint density at radius 1 is 0.345 bits per heavy atom. The van der Waals surface area contributed by atoms with E-state index in [0.29, 0.717) is 16.4 Å². The Morgan fingerprint density at radius 3 is 1.49 bits per heavy atom. The number of para-hydroxylation sites is 1. The van der Waals surface area contributed by atoms with Crippen molar-refractivity contribution in [2.45, 2.75) is 0 Å². The Balaban J connectivity index is 1.03. The first-order valence-electron chi connectivity index (χ1n) is 21.4. The number of fused-ring (bicyclic) bond motifs is 6. The van der Waals surface area contributed by atoms with E-state index in [1.165, 1.54) is 16.7 Å². The molecule has 0 aliphatic carbocycles. The van der Waals surface area contributed by atoms with Gasteiger partial charge in [-0.05, 0) is 101 Å². The van der Waals surface area contributed by atoms with E-state index in [0.717, 1.165) is 60.5 Å². The number of benzene rings is 10. The Hall–Kier alpha value is -7.22. The molecule has 10 aromatic carbocycles. The molecule has 1 aromatic heterocycles. The Labute approximate surface area is 327 Å². The van der Waals surface area contributed by atoms with Crippen molar-refractivity contribution in [1.29, 1.82) is 0 Å². The van der Waals surface area contributed by atoms with Crippen LogP contribution in [0.15, 0.2) is 211 Å². The number of hydrogen-bond donors (Lipinski definition) is 0. The highest BCUT2D eigenvalue weighted by molar-refractivity contribution is 6.21. The van der Waals surface area contributed by atoms with E-state index >= 15 is 0 Å². The molecule has 1 nitrogen and oxygen atoms in total. The zero-order chi connectivity index (χ0) is 41.5. The minimum atomic E-state index is -0.438. The molecule has 1 heteroatoms. The van der Waals surface area contributed by atoms with E-state index < -0.39 is 12.1 Å². The second-order valence-electron chi connectivity index (χ2n) is 13.9. The molecule has 0 unspecified atom stereocenters. The average molecular weight is 705 g/mol. The maximum Gasteiger partial charge on any atom is 0.143 e. The van der Waals surface area contributed by atoms with Gasteiger partial charge >= 0.3 is 0 Å². The second kappa shape index (κ2) is 12.7. The predicted octanol–water partition coefficient (Wildman–Crippen LogP) is 15.4. The van der Waals surface area contributed by atoms with E-state index in [4.69, 9.17) is 12.6 Å². The van der Waals surface area contributed by atoms with Crippen molar-refractivity contribution in [2.75, 3.05) is 0 Å². The molecule has 55 heavy (non-hydrogen) atoms. The Kier molecular flexibility index (Phi) is 5.95. The van der Waals surface area contributed by atoms with Crippen molar-refractivity contribution in [3.05, 3.63) is 206 Å². The summed E-state index contributed by atoms with van der Waals surface area (Å²) >= 11 is 0. The first-order chi connectivity index (χ1) is 29.8. The van der Waals surface area contributed by atoms with E-state index in [1.54, 1.807) is 0 Å². The van der Waals surface area contributed by atoms with E-state index in [1.807, 2.05) is 24.3 Å². The Morgan fingerprint density at radius 2 is 0.818 bits per heavy atom. The lowest BCUT2D eigenvalue weighted by atomic mass is 9.85. The lowest BCUT2D eigenvalue weighted by molar-refractivity contribution is 0.670. The molecule has 0 aliphatic rings. The fraction of sp³-hybridized carbons (Fsp3) is 0. The summed E-state index contributed by atoms with van der Waals surface area (Å²) in [6, 6.07) is 57.6. The molecule has 0 radical (unpaired) electrons. The molecule has 0 amide bonds. The summed E-state index contributed by atoms with van der Waals surface area (Å²) in [6.07, 6.45) is 0. The maximum atomic E-state index is 9.13. The molecule has 0 saturated heterocycles. The first-order valence-corrected chi connectivity index (χ1v) is 18.4. The third-order valence-corrected chi connectivity index (χ3v) is 10.8. The van der Waals surface area contributed by atoms with Gasteiger partial charge in [-0.25, -0.2) is 0 Å². The zero-order valence-electron chi connectivity index (χ0n) is 35.6. The van der Waals surface area contributed by atoms with E-state index in [-0.39, 0.29) is 40.5 Å². The summed E-state index contributed by atoms with van der Waals surface area (Å²) in [6.45, 7) is 0. The van der Waals surface area contributed by atoms with E-state index in [9.17, 15) is 0 Å². The van der Waals surface area contributed by atoms with E-state index in [2.05, 4.69) is 146 Å². The molecule has 11 rings (SSSR count). The maximum absolute atomic E-state index is 9.13. The summed E-state index contributed by atoms with van der Waals surface area (Å²) in [4.78, 5) is 0. The van der Waals surface area contributed by atoms with Gasteiger partial charge in [0.25, 0.3) is 0 Å². The van der Waals surface area contributed by atoms with Crippen molar-refractivity contribution in [3.63, 3.8) is 0 Å². The minimum absolute atomic E-state index is 0.0135. The fourth-order valence-corrected chi connectivity index (χ4v) is 8.20. The summed E-state index contributed by atoms with van der Waals surface area (Å²) < 4.78 is 58.1. The molecule has 0 saturated carbocycles. The molecule has 0 N–H and O–H groups in total. The van der Waals surface area contributed by atoms with Gasteiger partial charge in [-0.1, -0.05) is 188 Å². The smallest absolute Gasteiger partial charge is 0.143 e. The average Bonchev–Trinajstić information content (AvgIpc) is 3.72. The van der Waals surface area contributed by atoms with Crippen LogP contribution < -0.4 is 0 Å². The van der Waals surface area contributed by atoms with Gasteiger partial charge < -0.3 is 4.42 Å². The summed E-state index contributed by atoms with van der Waals surface area (Å²) in [5.41, 5.74) is 11.5. The van der Waals surface area contributed by atoms with Crippen LogP contribution >= 0.6 is 0 Å². The van der Waals surface area contributed by atoms with Crippen LogP contribution in [0.5, 0.6) is 0 Å². The number of hydrogen-bond acceptors (Lipinski definition) is 1. The Bertz CT molecular complexity index is 3520. The molecule has 0 aliphatic heterocycles.